The Kier molecular flexibility index (Phi) is 6.38. The average Bonchev–Trinajstić information content (AvgIpc) is 2.70. The van der Waals surface area contributed by atoms with E-state index in [4.69, 9.17) is 17.7 Å². The third kappa shape index (κ3) is 4.88. The zero-order valence-corrected chi connectivity index (χ0v) is 17.3. The quantitative estimate of drug-likeness (QED) is 0.681. The number of carboxylic acids is 1. The zero-order valence-electron chi connectivity index (χ0n) is 16.5. The Morgan fingerprint density at radius 3 is 2.65 bits per heavy atom. The lowest BCUT2D eigenvalue weighted by Gasteiger charge is -2.33. The van der Waals surface area contributed by atoms with E-state index in [9.17, 15) is 26.4 Å². The molecule has 0 heterocycles. The van der Waals surface area contributed by atoms with Crippen molar-refractivity contribution < 1.29 is 36.2 Å². The van der Waals surface area contributed by atoms with Gasteiger partial charge >= 0.3 is 12.1 Å². The number of halogens is 3. The fourth-order valence-electron chi connectivity index (χ4n) is 3.71. The second kappa shape index (κ2) is 8.54. The first kappa shape index (κ1) is 23.1. The first-order valence-corrected chi connectivity index (χ1v) is 10.8. The van der Waals surface area contributed by atoms with E-state index in [0.717, 1.165) is 10.4 Å². The number of hydrogen-bond donors (Lipinski definition) is 1. The van der Waals surface area contributed by atoms with Gasteiger partial charge in [0.2, 0.25) is 10.0 Å². The monoisotopic (exact) mass is 453 g/mol. The summed E-state index contributed by atoms with van der Waals surface area (Å²) < 4.78 is 72.1. The summed E-state index contributed by atoms with van der Waals surface area (Å²) >= 11 is 0. The van der Waals surface area contributed by atoms with E-state index in [1.807, 2.05) is 0 Å². The molecule has 2 aromatic carbocycles. The lowest BCUT2D eigenvalue weighted by atomic mass is 9.87. The number of rotatable bonds is 6. The van der Waals surface area contributed by atoms with Crippen LogP contribution in [0.2, 0.25) is 0 Å². The standard InChI is InChI=1S/C20H19BF3NO5S/c1-25(31(28,29)14-9-12(20(22,23)24)8-13(21)10-14)17-6-2-5-16-15(17)4-3-7-18(16)30-11-19(26)27/h3-4,7-10,17H,2,5-6,11H2,1H3,(H,26,27)/t17-/m1/s1. The minimum absolute atomic E-state index is 0.310. The van der Waals surface area contributed by atoms with Gasteiger partial charge in [0.25, 0.3) is 0 Å². The highest BCUT2D eigenvalue weighted by atomic mass is 32.2. The third-order valence-corrected chi connectivity index (χ3v) is 7.00. The smallest absolute Gasteiger partial charge is 0.416 e. The Balaban J connectivity index is 1.99. The van der Waals surface area contributed by atoms with Crippen LogP contribution in [0, 0.1) is 0 Å². The van der Waals surface area contributed by atoms with E-state index in [-0.39, 0.29) is 5.46 Å². The summed E-state index contributed by atoms with van der Waals surface area (Å²) in [5, 5.41) is 8.85. The molecule has 2 radical (unpaired) electrons. The van der Waals surface area contributed by atoms with Crippen LogP contribution >= 0.6 is 0 Å². The first-order chi connectivity index (χ1) is 14.4. The Bertz CT molecular complexity index is 1100. The maximum atomic E-state index is 13.2. The van der Waals surface area contributed by atoms with Gasteiger partial charge in [0.15, 0.2) is 6.61 Å². The molecule has 0 unspecified atom stereocenters. The fourth-order valence-corrected chi connectivity index (χ4v) is 5.16. The van der Waals surface area contributed by atoms with Gasteiger partial charge in [0.1, 0.15) is 13.6 Å². The van der Waals surface area contributed by atoms with E-state index in [0.29, 0.717) is 48.3 Å². The van der Waals surface area contributed by atoms with Gasteiger partial charge in [-0.05, 0) is 48.6 Å². The molecule has 1 N–H and O–H groups in total. The van der Waals surface area contributed by atoms with Crippen molar-refractivity contribution >= 4 is 29.3 Å². The van der Waals surface area contributed by atoms with Crippen molar-refractivity contribution in [2.24, 2.45) is 0 Å². The van der Waals surface area contributed by atoms with Gasteiger partial charge in [-0.2, -0.15) is 17.5 Å². The summed E-state index contributed by atoms with van der Waals surface area (Å²) in [6.45, 7) is -0.543. The van der Waals surface area contributed by atoms with Gasteiger partial charge in [0, 0.05) is 7.05 Å². The van der Waals surface area contributed by atoms with Crippen LogP contribution in [-0.4, -0.2) is 45.3 Å². The molecule has 0 aliphatic heterocycles. The topological polar surface area (TPSA) is 83.9 Å². The van der Waals surface area contributed by atoms with Crippen LogP contribution < -0.4 is 10.2 Å². The van der Waals surface area contributed by atoms with Gasteiger partial charge in [-0.25, -0.2) is 13.2 Å². The Hall–Kier alpha value is -2.53. The highest BCUT2D eigenvalue weighted by Gasteiger charge is 2.36. The van der Waals surface area contributed by atoms with Crippen molar-refractivity contribution in [1.82, 2.24) is 4.31 Å². The zero-order chi connectivity index (χ0) is 23.0. The molecule has 11 heteroatoms. The lowest BCUT2D eigenvalue weighted by molar-refractivity contribution is -0.139. The minimum atomic E-state index is -4.74. The SMILES string of the molecule is [B]c1cc(C(F)(F)F)cc(S(=O)(=O)N(C)[C@@H]2CCCc3c(OCC(=O)O)cccc32)c1. The molecule has 0 spiro atoms. The number of sulfonamides is 1. The number of alkyl halides is 3. The molecule has 1 aliphatic rings. The predicted molar refractivity (Wildman–Crippen MR) is 107 cm³/mol. The molecule has 0 saturated carbocycles. The summed E-state index contributed by atoms with van der Waals surface area (Å²) in [6.07, 6.45) is -3.15. The molecule has 0 saturated heterocycles. The minimum Gasteiger partial charge on any atom is -0.482 e. The molecule has 0 bridgehead atoms. The van der Waals surface area contributed by atoms with Crippen molar-refractivity contribution in [2.45, 2.75) is 36.4 Å². The summed E-state index contributed by atoms with van der Waals surface area (Å²) in [6, 6.07) is 6.52. The van der Waals surface area contributed by atoms with E-state index >= 15 is 0 Å². The Morgan fingerprint density at radius 1 is 1.29 bits per heavy atom. The molecule has 0 aromatic heterocycles. The Labute approximate surface area is 179 Å². The van der Waals surface area contributed by atoms with Gasteiger partial charge in [-0.1, -0.05) is 23.7 Å². The molecule has 1 atom stereocenters. The number of nitrogens with zero attached hydrogens (tertiary/aromatic N) is 1. The average molecular weight is 453 g/mol. The van der Waals surface area contributed by atoms with Crippen LogP contribution in [0.5, 0.6) is 5.75 Å². The molecular formula is C20H19BF3NO5S. The molecule has 31 heavy (non-hydrogen) atoms. The normalized spacial score (nSPS) is 16.7. The Morgan fingerprint density at radius 2 is 2.00 bits per heavy atom. The largest absolute Gasteiger partial charge is 0.482 e. The fraction of sp³-hybridized carbons (Fsp3) is 0.350. The van der Waals surface area contributed by atoms with Crippen molar-refractivity contribution in [3.05, 3.63) is 53.1 Å². The molecule has 3 rings (SSSR count). The van der Waals surface area contributed by atoms with Gasteiger partial charge in [-0.3, -0.25) is 0 Å². The van der Waals surface area contributed by atoms with E-state index in [1.54, 1.807) is 18.2 Å². The van der Waals surface area contributed by atoms with Crippen molar-refractivity contribution in [2.75, 3.05) is 13.7 Å². The summed E-state index contributed by atoms with van der Waals surface area (Å²) in [7, 11) is 2.53. The molecular weight excluding hydrogens is 434 g/mol. The number of carboxylic acid groups (broad SMARTS) is 1. The van der Waals surface area contributed by atoms with Crippen molar-refractivity contribution in [1.29, 1.82) is 0 Å². The highest BCUT2D eigenvalue weighted by Crippen LogP contribution is 2.40. The maximum Gasteiger partial charge on any atom is 0.416 e. The van der Waals surface area contributed by atoms with Crippen LogP contribution in [0.15, 0.2) is 41.3 Å². The lowest BCUT2D eigenvalue weighted by Crippen LogP contribution is -2.34. The second-order valence-electron chi connectivity index (χ2n) is 7.22. The molecule has 0 fully saturated rings. The second-order valence-corrected chi connectivity index (χ2v) is 9.22. The number of aliphatic carboxylic acids is 1. The summed E-state index contributed by atoms with van der Waals surface area (Å²) in [4.78, 5) is 10.3. The maximum absolute atomic E-state index is 13.2. The predicted octanol–water partition coefficient (Wildman–Crippen LogP) is 2.66. The summed E-state index contributed by atoms with van der Waals surface area (Å²) in [5.41, 5.74) is -0.145. The molecule has 164 valence electrons. The van der Waals surface area contributed by atoms with E-state index < -0.39 is 45.3 Å². The van der Waals surface area contributed by atoms with Gasteiger partial charge < -0.3 is 9.84 Å². The van der Waals surface area contributed by atoms with Crippen LogP contribution in [0.1, 0.15) is 35.6 Å². The number of benzene rings is 2. The molecule has 6 nitrogen and oxygen atoms in total. The first-order valence-electron chi connectivity index (χ1n) is 9.33. The third-order valence-electron chi connectivity index (χ3n) is 5.16. The van der Waals surface area contributed by atoms with E-state index in [1.165, 1.54) is 7.05 Å². The van der Waals surface area contributed by atoms with Gasteiger partial charge in [-0.15, -0.1) is 0 Å². The van der Waals surface area contributed by atoms with Crippen LogP contribution in [0.25, 0.3) is 0 Å². The van der Waals surface area contributed by atoms with E-state index in [2.05, 4.69) is 0 Å². The number of ether oxygens (including phenoxy) is 1. The van der Waals surface area contributed by atoms with Gasteiger partial charge in [0.05, 0.1) is 16.5 Å². The number of carbonyl (C=O) groups is 1. The highest BCUT2D eigenvalue weighted by molar-refractivity contribution is 7.89. The molecule has 2 aromatic rings. The van der Waals surface area contributed by atoms with Crippen molar-refractivity contribution in [3.8, 4) is 5.75 Å². The molecule has 1 aliphatic carbocycles. The number of fused-ring (bicyclic) bond motifs is 1. The number of hydrogen-bond acceptors (Lipinski definition) is 4. The van der Waals surface area contributed by atoms with Crippen molar-refractivity contribution in [3.63, 3.8) is 0 Å². The molecule has 0 amide bonds. The van der Waals surface area contributed by atoms with Crippen LogP contribution in [-0.2, 0) is 27.4 Å². The van der Waals surface area contributed by atoms with Crippen LogP contribution in [0.3, 0.4) is 0 Å². The summed E-state index contributed by atoms with van der Waals surface area (Å²) in [5.74, 6) is -0.800. The van der Waals surface area contributed by atoms with Crippen LogP contribution in [0.4, 0.5) is 13.2 Å².